The molecule has 0 N–H and O–H groups in total. The molecule has 0 fully saturated rings. The van der Waals surface area contributed by atoms with Gasteiger partial charge in [0, 0.05) is 5.39 Å². The van der Waals surface area contributed by atoms with Crippen LogP contribution in [0.2, 0.25) is 5.15 Å². The van der Waals surface area contributed by atoms with E-state index >= 15 is 0 Å². The molecule has 2 aromatic rings. The maximum absolute atomic E-state index is 11.6. The van der Waals surface area contributed by atoms with Crippen molar-refractivity contribution in [3.05, 3.63) is 40.5 Å². The first-order valence-electron chi connectivity index (χ1n) is 5.92. The molecule has 0 radical (unpaired) electrons. The van der Waals surface area contributed by atoms with Gasteiger partial charge in [-0.1, -0.05) is 18.5 Å². The summed E-state index contributed by atoms with van der Waals surface area (Å²) in [5.74, 6) is -0.313. The fourth-order valence-electron chi connectivity index (χ4n) is 1.79. The number of aromatic nitrogens is 1. The van der Waals surface area contributed by atoms with Crippen LogP contribution in [0.15, 0.2) is 24.3 Å². The lowest BCUT2D eigenvalue weighted by Crippen LogP contribution is -2.04. The quantitative estimate of drug-likeness (QED) is 0.627. The van der Waals surface area contributed by atoms with Gasteiger partial charge >= 0.3 is 5.97 Å². The van der Waals surface area contributed by atoms with Crippen molar-refractivity contribution in [2.75, 3.05) is 6.61 Å². The molecule has 94 valence electrons. The predicted molar refractivity (Wildman–Crippen MR) is 72.1 cm³/mol. The van der Waals surface area contributed by atoms with E-state index < -0.39 is 0 Å². The minimum Gasteiger partial charge on any atom is -0.462 e. The van der Waals surface area contributed by atoms with Gasteiger partial charge in [0.2, 0.25) is 0 Å². The van der Waals surface area contributed by atoms with Gasteiger partial charge in [0.15, 0.2) is 0 Å². The van der Waals surface area contributed by atoms with Crippen LogP contribution in [-0.4, -0.2) is 17.6 Å². The number of esters is 1. The van der Waals surface area contributed by atoms with Crippen LogP contribution in [-0.2, 0) is 11.2 Å². The smallest absolute Gasteiger partial charge is 0.338 e. The summed E-state index contributed by atoms with van der Waals surface area (Å²) in [4.78, 5) is 15.9. The van der Waals surface area contributed by atoms with E-state index in [1.807, 2.05) is 13.0 Å². The molecule has 0 saturated heterocycles. The van der Waals surface area contributed by atoms with Crippen molar-refractivity contribution in [2.45, 2.75) is 20.3 Å². The number of hydrogen-bond acceptors (Lipinski definition) is 3. The molecule has 0 aliphatic rings. The number of carbonyl (C=O) groups excluding carboxylic acids is 1. The Morgan fingerprint density at radius 2 is 2.11 bits per heavy atom. The molecule has 0 spiro atoms. The Balaban J connectivity index is 2.50. The van der Waals surface area contributed by atoms with Crippen LogP contribution in [0.1, 0.15) is 29.8 Å². The van der Waals surface area contributed by atoms with Crippen LogP contribution in [0.4, 0.5) is 0 Å². The van der Waals surface area contributed by atoms with E-state index in [0.717, 1.165) is 22.9 Å². The lowest BCUT2D eigenvalue weighted by Gasteiger charge is -2.06. The SMILES string of the molecule is CCOC(=O)c1ccc2nc(Cl)c(CC)cc2c1. The Labute approximate surface area is 111 Å². The highest BCUT2D eigenvalue weighted by molar-refractivity contribution is 6.30. The number of ether oxygens (including phenoxy) is 1. The first-order valence-corrected chi connectivity index (χ1v) is 6.29. The van der Waals surface area contributed by atoms with Gasteiger partial charge in [-0.25, -0.2) is 9.78 Å². The van der Waals surface area contributed by atoms with Gasteiger partial charge in [0.25, 0.3) is 0 Å². The third kappa shape index (κ3) is 2.46. The molecule has 0 unspecified atom stereocenters. The number of pyridine rings is 1. The Morgan fingerprint density at radius 3 is 2.78 bits per heavy atom. The Hall–Kier alpha value is -1.61. The molecule has 0 atom stereocenters. The van der Waals surface area contributed by atoms with Crippen LogP contribution < -0.4 is 0 Å². The average molecular weight is 264 g/mol. The fourth-order valence-corrected chi connectivity index (χ4v) is 2.07. The van der Waals surface area contributed by atoms with E-state index in [1.54, 1.807) is 25.1 Å². The van der Waals surface area contributed by atoms with E-state index in [2.05, 4.69) is 4.98 Å². The average Bonchev–Trinajstić information content (AvgIpc) is 2.37. The molecule has 1 heterocycles. The van der Waals surface area contributed by atoms with Crippen LogP contribution in [0.25, 0.3) is 10.9 Å². The molecule has 0 aliphatic heterocycles. The molecule has 1 aromatic heterocycles. The molecule has 0 saturated carbocycles. The van der Waals surface area contributed by atoms with Crippen LogP contribution in [0, 0.1) is 0 Å². The van der Waals surface area contributed by atoms with Gasteiger partial charge in [-0.2, -0.15) is 0 Å². The molecule has 0 aliphatic carbocycles. The molecule has 4 heteroatoms. The van der Waals surface area contributed by atoms with E-state index in [-0.39, 0.29) is 5.97 Å². The van der Waals surface area contributed by atoms with Gasteiger partial charge in [0.05, 0.1) is 17.7 Å². The molecule has 2 rings (SSSR count). The van der Waals surface area contributed by atoms with Gasteiger partial charge in [0.1, 0.15) is 5.15 Å². The zero-order valence-corrected chi connectivity index (χ0v) is 11.1. The Morgan fingerprint density at radius 1 is 1.33 bits per heavy atom. The molecule has 1 aromatic carbocycles. The fraction of sp³-hybridized carbons (Fsp3) is 0.286. The molecule has 0 amide bonds. The number of fused-ring (bicyclic) bond motifs is 1. The number of benzene rings is 1. The zero-order chi connectivity index (χ0) is 13.1. The van der Waals surface area contributed by atoms with Gasteiger partial charge < -0.3 is 4.74 Å². The summed E-state index contributed by atoms with van der Waals surface area (Å²) in [6.45, 7) is 4.18. The zero-order valence-electron chi connectivity index (χ0n) is 10.4. The van der Waals surface area contributed by atoms with Crippen LogP contribution >= 0.6 is 11.6 Å². The second-order valence-electron chi connectivity index (χ2n) is 3.92. The normalized spacial score (nSPS) is 10.6. The number of aryl methyl sites for hydroxylation is 1. The highest BCUT2D eigenvalue weighted by Gasteiger charge is 2.09. The molecule has 0 bridgehead atoms. The maximum atomic E-state index is 11.6. The summed E-state index contributed by atoms with van der Waals surface area (Å²) in [6.07, 6.45) is 0.811. The van der Waals surface area contributed by atoms with Gasteiger partial charge in [-0.05, 0) is 43.2 Å². The summed E-state index contributed by atoms with van der Waals surface area (Å²) in [7, 11) is 0. The minimum absolute atomic E-state index is 0.313. The summed E-state index contributed by atoms with van der Waals surface area (Å²) < 4.78 is 4.97. The van der Waals surface area contributed by atoms with Crippen molar-refractivity contribution in [1.82, 2.24) is 4.98 Å². The van der Waals surface area contributed by atoms with Crippen molar-refractivity contribution < 1.29 is 9.53 Å². The monoisotopic (exact) mass is 263 g/mol. The number of carbonyl (C=O) groups is 1. The molecular weight excluding hydrogens is 250 g/mol. The first kappa shape index (κ1) is 12.8. The summed E-state index contributed by atoms with van der Waals surface area (Å²) >= 11 is 6.05. The highest BCUT2D eigenvalue weighted by Crippen LogP contribution is 2.22. The molecule has 18 heavy (non-hydrogen) atoms. The van der Waals surface area contributed by atoms with Crippen LogP contribution in [0.5, 0.6) is 0 Å². The Bertz CT molecular complexity index is 596. The van der Waals surface area contributed by atoms with E-state index in [4.69, 9.17) is 16.3 Å². The lowest BCUT2D eigenvalue weighted by atomic mass is 10.1. The van der Waals surface area contributed by atoms with Gasteiger partial charge in [-0.15, -0.1) is 0 Å². The minimum atomic E-state index is -0.313. The summed E-state index contributed by atoms with van der Waals surface area (Å²) in [5, 5.41) is 1.43. The number of halogens is 1. The number of nitrogens with zero attached hydrogens (tertiary/aromatic N) is 1. The number of rotatable bonds is 3. The summed E-state index contributed by atoms with van der Waals surface area (Å²) in [6, 6.07) is 7.24. The van der Waals surface area contributed by atoms with E-state index in [9.17, 15) is 4.79 Å². The highest BCUT2D eigenvalue weighted by atomic mass is 35.5. The first-order chi connectivity index (χ1) is 8.65. The van der Waals surface area contributed by atoms with Crippen molar-refractivity contribution in [3.8, 4) is 0 Å². The van der Waals surface area contributed by atoms with Crippen LogP contribution in [0.3, 0.4) is 0 Å². The van der Waals surface area contributed by atoms with Crippen molar-refractivity contribution >= 4 is 28.5 Å². The van der Waals surface area contributed by atoms with E-state index in [0.29, 0.717) is 17.3 Å². The third-order valence-corrected chi connectivity index (χ3v) is 3.06. The lowest BCUT2D eigenvalue weighted by molar-refractivity contribution is 0.0526. The molecule has 3 nitrogen and oxygen atoms in total. The maximum Gasteiger partial charge on any atom is 0.338 e. The third-order valence-electron chi connectivity index (χ3n) is 2.73. The van der Waals surface area contributed by atoms with Crippen molar-refractivity contribution in [1.29, 1.82) is 0 Å². The van der Waals surface area contributed by atoms with Crippen molar-refractivity contribution in [3.63, 3.8) is 0 Å². The largest absolute Gasteiger partial charge is 0.462 e. The second kappa shape index (κ2) is 5.36. The summed E-state index contributed by atoms with van der Waals surface area (Å²) in [5.41, 5.74) is 2.30. The van der Waals surface area contributed by atoms with Crippen molar-refractivity contribution in [2.24, 2.45) is 0 Å². The second-order valence-corrected chi connectivity index (χ2v) is 4.28. The topological polar surface area (TPSA) is 39.2 Å². The van der Waals surface area contributed by atoms with Gasteiger partial charge in [-0.3, -0.25) is 0 Å². The number of hydrogen-bond donors (Lipinski definition) is 0. The standard InChI is InChI=1S/C14H14ClNO2/c1-3-9-7-11-8-10(14(17)18-4-2)5-6-12(11)16-13(9)15/h5-8H,3-4H2,1-2H3. The predicted octanol–water partition coefficient (Wildman–Crippen LogP) is 3.63. The molecular formula is C14H14ClNO2. The Kier molecular flexibility index (Phi) is 3.82. The van der Waals surface area contributed by atoms with E-state index in [1.165, 1.54) is 0 Å².